The maximum absolute atomic E-state index is 6.13. The Morgan fingerprint density at radius 3 is 2.72 bits per heavy atom. The van der Waals surface area contributed by atoms with Crippen molar-refractivity contribution in [2.45, 2.75) is 19.9 Å². The number of aryl methyl sites for hydroxylation is 2. The van der Waals surface area contributed by atoms with Crippen molar-refractivity contribution in [3.8, 4) is 0 Å². The number of rotatable bonds is 4. The van der Waals surface area contributed by atoms with E-state index in [1.165, 1.54) is 4.88 Å². The molecular weight excluding hydrogens is 268 g/mol. The summed E-state index contributed by atoms with van der Waals surface area (Å²) in [4.78, 5) is 3.31. The number of thiophene rings is 1. The minimum Gasteiger partial charge on any atom is -0.394 e. The molecule has 18 heavy (non-hydrogen) atoms. The molecule has 0 amide bonds. The molecule has 2 N–H and O–H groups in total. The monoisotopic (exact) mass is 284 g/mol. The molecule has 98 valence electrons. The molecule has 2 heterocycles. The van der Waals surface area contributed by atoms with Gasteiger partial charge in [-0.05, 0) is 18.6 Å². The Balaban J connectivity index is 2.23. The van der Waals surface area contributed by atoms with Crippen LogP contribution in [-0.4, -0.2) is 16.8 Å². The zero-order chi connectivity index (χ0) is 13.3. The molecule has 0 atom stereocenters. The fourth-order valence-corrected chi connectivity index (χ4v) is 3.19. The van der Waals surface area contributed by atoms with Gasteiger partial charge < -0.3 is 10.6 Å². The van der Waals surface area contributed by atoms with Gasteiger partial charge in [0.1, 0.15) is 5.82 Å². The van der Waals surface area contributed by atoms with Crippen LogP contribution in [-0.2, 0) is 20.0 Å². The van der Waals surface area contributed by atoms with Gasteiger partial charge in [-0.2, -0.15) is 5.10 Å². The van der Waals surface area contributed by atoms with Crippen LogP contribution >= 0.6 is 22.9 Å². The van der Waals surface area contributed by atoms with Gasteiger partial charge in [-0.25, -0.2) is 0 Å². The van der Waals surface area contributed by atoms with Crippen molar-refractivity contribution in [1.82, 2.24) is 9.78 Å². The van der Waals surface area contributed by atoms with Gasteiger partial charge in [0.15, 0.2) is 0 Å². The Morgan fingerprint density at radius 2 is 2.22 bits per heavy atom. The molecule has 0 saturated carbocycles. The van der Waals surface area contributed by atoms with Crippen LogP contribution in [0.5, 0.6) is 0 Å². The Labute approximate surface area is 116 Å². The van der Waals surface area contributed by atoms with Gasteiger partial charge in [0.05, 0.1) is 22.3 Å². The third-order valence-electron chi connectivity index (χ3n) is 2.85. The van der Waals surface area contributed by atoms with Crippen molar-refractivity contribution in [3.63, 3.8) is 0 Å². The van der Waals surface area contributed by atoms with Crippen LogP contribution < -0.4 is 10.6 Å². The molecule has 0 unspecified atom stereocenters. The maximum Gasteiger partial charge on any atom is 0.150 e. The van der Waals surface area contributed by atoms with Crippen molar-refractivity contribution < 1.29 is 0 Å². The fraction of sp³-hybridized carbons (Fsp3) is 0.417. The van der Waals surface area contributed by atoms with Gasteiger partial charge in [-0.1, -0.05) is 18.5 Å². The van der Waals surface area contributed by atoms with Crippen LogP contribution in [0, 0.1) is 0 Å². The van der Waals surface area contributed by atoms with Crippen molar-refractivity contribution in [2.24, 2.45) is 7.05 Å². The Morgan fingerprint density at radius 1 is 1.50 bits per heavy atom. The van der Waals surface area contributed by atoms with Crippen molar-refractivity contribution >= 4 is 34.4 Å². The van der Waals surface area contributed by atoms with E-state index in [0.717, 1.165) is 34.5 Å². The molecular formula is C12H17ClN4S. The predicted molar refractivity (Wildman–Crippen MR) is 78.4 cm³/mol. The zero-order valence-electron chi connectivity index (χ0n) is 10.8. The molecule has 0 spiro atoms. The maximum atomic E-state index is 6.13. The first-order chi connectivity index (χ1) is 8.52. The van der Waals surface area contributed by atoms with Crippen LogP contribution in [0.15, 0.2) is 12.1 Å². The lowest BCUT2D eigenvalue weighted by atomic mass is 10.3. The third-order valence-corrected chi connectivity index (χ3v) is 4.06. The topological polar surface area (TPSA) is 47.1 Å². The van der Waals surface area contributed by atoms with Crippen molar-refractivity contribution in [1.29, 1.82) is 0 Å². The summed E-state index contributed by atoms with van der Waals surface area (Å²) in [5, 5.41) is 4.42. The smallest absolute Gasteiger partial charge is 0.150 e. The summed E-state index contributed by atoms with van der Waals surface area (Å²) in [7, 11) is 3.93. The number of halogens is 1. The third kappa shape index (κ3) is 2.47. The van der Waals surface area contributed by atoms with Crippen molar-refractivity contribution in [2.75, 3.05) is 17.7 Å². The Bertz CT molecular complexity index is 546. The van der Waals surface area contributed by atoms with E-state index in [0.29, 0.717) is 0 Å². The number of hydrogen-bond donors (Lipinski definition) is 1. The summed E-state index contributed by atoms with van der Waals surface area (Å²) in [5.74, 6) is 0.955. The van der Waals surface area contributed by atoms with Gasteiger partial charge in [0, 0.05) is 19.0 Å². The van der Waals surface area contributed by atoms with Crippen LogP contribution in [0.25, 0.3) is 0 Å². The van der Waals surface area contributed by atoms with Gasteiger partial charge in [0.2, 0.25) is 0 Å². The highest BCUT2D eigenvalue weighted by Crippen LogP contribution is 2.29. The summed E-state index contributed by atoms with van der Waals surface area (Å²) < 4.78 is 2.65. The predicted octanol–water partition coefficient (Wildman–Crippen LogP) is 2.92. The number of nitrogens with zero attached hydrogens (tertiary/aromatic N) is 3. The molecule has 0 aliphatic carbocycles. The largest absolute Gasteiger partial charge is 0.394 e. The highest BCUT2D eigenvalue weighted by molar-refractivity contribution is 7.16. The quantitative estimate of drug-likeness (QED) is 0.939. The second-order valence-corrected chi connectivity index (χ2v) is 6.02. The lowest BCUT2D eigenvalue weighted by Crippen LogP contribution is -2.19. The van der Waals surface area contributed by atoms with E-state index < -0.39 is 0 Å². The highest BCUT2D eigenvalue weighted by atomic mass is 35.5. The number of nitrogen functional groups attached to an aromatic ring is 1. The molecule has 2 rings (SSSR count). The molecule has 0 bridgehead atoms. The normalized spacial score (nSPS) is 10.9. The molecule has 0 fully saturated rings. The van der Waals surface area contributed by atoms with E-state index >= 15 is 0 Å². The lowest BCUT2D eigenvalue weighted by molar-refractivity contribution is 0.722. The number of nitrogens with two attached hydrogens (primary N) is 1. The van der Waals surface area contributed by atoms with Crippen LogP contribution in [0.2, 0.25) is 4.34 Å². The van der Waals surface area contributed by atoms with Crippen LogP contribution in [0.4, 0.5) is 11.5 Å². The lowest BCUT2D eigenvalue weighted by Gasteiger charge is -2.19. The molecule has 0 radical (unpaired) electrons. The van der Waals surface area contributed by atoms with Crippen LogP contribution in [0.1, 0.15) is 17.5 Å². The molecule has 2 aromatic rings. The fourth-order valence-electron chi connectivity index (χ4n) is 2.04. The van der Waals surface area contributed by atoms with Gasteiger partial charge in [0.25, 0.3) is 0 Å². The minimum atomic E-state index is 0.769. The molecule has 2 aromatic heterocycles. The first-order valence-corrected chi connectivity index (χ1v) is 6.99. The number of hydrogen-bond acceptors (Lipinski definition) is 4. The second-order valence-electron chi connectivity index (χ2n) is 4.22. The van der Waals surface area contributed by atoms with E-state index in [-0.39, 0.29) is 0 Å². The van der Waals surface area contributed by atoms with Crippen molar-refractivity contribution in [3.05, 3.63) is 27.0 Å². The summed E-state index contributed by atoms with van der Waals surface area (Å²) in [6.07, 6.45) is 0.846. The zero-order valence-corrected chi connectivity index (χ0v) is 12.3. The van der Waals surface area contributed by atoms with Gasteiger partial charge in [-0.15, -0.1) is 11.3 Å². The standard InChI is InChI=1S/C12H17ClN4S/c1-4-9-11(14)12(17(3)15-9)16(2)7-8-5-6-10(13)18-8/h5-6H,4,7,14H2,1-3H3. The molecule has 4 nitrogen and oxygen atoms in total. The van der Waals surface area contributed by atoms with E-state index in [4.69, 9.17) is 17.3 Å². The van der Waals surface area contributed by atoms with E-state index in [1.54, 1.807) is 11.3 Å². The van der Waals surface area contributed by atoms with Gasteiger partial charge in [-0.3, -0.25) is 4.68 Å². The average Bonchev–Trinajstić information content (AvgIpc) is 2.83. The number of anilines is 2. The van der Waals surface area contributed by atoms with E-state index in [1.807, 2.05) is 30.9 Å². The Hall–Kier alpha value is -1.20. The average molecular weight is 285 g/mol. The van der Waals surface area contributed by atoms with E-state index in [9.17, 15) is 0 Å². The van der Waals surface area contributed by atoms with Crippen LogP contribution in [0.3, 0.4) is 0 Å². The van der Waals surface area contributed by atoms with E-state index in [2.05, 4.69) is 16.9 Å². The molecule has 6 heteroatoms. The first kappa shape index (κ1) is 13.2. The molecule has 0 aliphatic heterocycles. The summed E-state index contributed by atoms with van der Waals surface area (Å²) in [6.45, 7) is 2.84. The number of aromatic nitrogens is 2. The SMILES string of the molecule is CCc1nn(C)c(N(C)Cc2ccc(Cl)s2)c1N. The summed E-state index contributed by atoms with van der Waals surface area (Å²) in [5.41, 5.74) is 7.84. The van der Waals surface area contributed by atoms with Gasteiger partial charge >= 0.3 is 0 Å². The highest BCUT2D eigenvalue weighted by Gasteiger charge is 2.16. The summed E-state index contributed by atoms with van der Waals surface area (Å²) in [6, 6.07) is 3.95. The first-order valence-electron chi connectivity index (χ1n) is 5.79. The minimum absolute atomic E-state index is 0.769. The molecule has 0 aliphatic rings. The molecule has 0 saturated heterocycles. The Kier molecular flexibility index (Phi) is 3.82. The second kappa shape index (κ2) is 5.20. The molecule has 0 aromatic carbocycles. The summed E-state index contributed by atoms with van der Waals surface area (Å²) >= 11 is 7.53.